The van der Waals surface area contributed by atoms with Gasteiger partial charge in [-0.2, -0.15) is 0 Å². The quantitative estimate of drug-likeness (QED) is 0.783. The minimum atomic E-state index is -0.626. The summed E-state index contributed by atoms with van der Waals surface area (Å²) >= 11 is 0. The molecule has 0 spiro atoms. The summed E-state index contributed by atoms with van der Waals surface area (Å²) in [6.45, 7) is 5.71. The first-order valence-electron chi connectivity index (χ1n) is 6.88. The standard InChI is InChI=1S/C15H22N2O3/c1-4-7-14(18)16-17-15(19)13(5-2)20-12-9-6-8-11(3)10-12/h6,8-10,13H,4-5,7H2,1-3H3,(H,16,18)(H,17,19). The van der Waals surface area contributed by atoms with Gasteiger partial charge in [0.2, 0.25) is 5.91 Å². The normalized spacial score (nSPS) is 11.6. The fourth-order valence-electron chi connectivity index (χ4n) is 1.68. The second kappa shape index (κ2) is 8.19. The van der Waals surface area contributed by atoms with Crippen LogP contribution < -0.4 is 15.6 Å². The van der Waals surface area contributed by atoms with Crippen LogP contribution in [0.1, 0.15) is 38.7 Å². The zero-order chi connectivity index (χ0) is 15.0. The predicted molar refractivity (Wildman–Crippen MR) is 77.1 cm³/mol. The highest BCUT2D eigenvalue weighted by molar-refractivity contribution is 5.84. The molecule has 0 radical (unpaired) electrons. The lowest BCUT2D eigenvalue weighted by atomic mass is 10.2. The van der Waals surface area contributed by atoms with Gasteiger partial charge in [-0.15, -0.1) is 0 Å². The van der Waals surface area contributed by atoms with Crippen LogP contribution in [0.4, 0.5) is 0 Å². The van der Waals surface area contributed by atoms with Gasteiger partial charge >= 0.3 is 0 Å². The number of nitrogens with one attached hydrogen (secondary N) is 2. The molecule has 0 saturated carbocycles. The fourth-order valence-corrected chi connectivity index (χ4v) is 1.68. The molecule has 20 heavy (non-hydrogen) atoms. The van der Waals surface area contributed by atoms with Crippen molar-refractivity contribution in [2.75, 3.05) is 0 Å². The van der Waals surface area contributed by atoms with Crippen LogP contribution in [0.15, 0.2) is 24.3 Å². The lowest BCUT2D eigenvalue weighted by Crippen LogP contribution is -2.47. The van der Waals surface area contributed by atoms with Crippen LogP contribution in [0.2, 0.25) is 0 Å². The molecule has 0 saturated heterocycles. The van der Waals surface area contributed by atoms with E-state index in [0.29, 0.717) is 18.6 Å². The van der Waals surface area contributed by atoms with Crippen molar-refractivity contribution in [3.8, 4) is 5.75 Å². The van der Waals surface area contributed by atoms with Gasteiger partial charge in [-0.25, -0.2) is 0 Å². The van der Waals surface area contributed by atoms with E-state index in [1.807, 2.05) is 39.0 Å². The minimum absolute atomic E-state index is 0.203. The third-order valence-electron chi connectivity index (χ3n) is 2.73. The Morgan fingerprint density at radius 1 is 1.25 bits per heavy atom. The van der Waals surface area contributed by atoms with Crippen molar-refractivity contribution in [3.05, 3.63) is 29.8 Å². The Morgan fingerprint density at radius 2 is 2.00 bits per heavy atom. The predicted octanol–water partition coefficient (Wildman–Crippen LogP) is 2.10. The second-order valence-corrected chi connectivity index (χ2v) is 4.62. The Morgan fingerprint density at radius 3 is 2.60 bits per heavy atom. The molecule has 1 unspecified atom stereocenters. The monoisotopic (exact) mass is 278 g/mol. The van der Waals surface area contributed by atoms with E-state index in [2.05, 4.69) is 10.9 Å². The molecule has 2 N–H and O–H groups in total. The van der Waals surface area contributed by atoms with E-state index in [0.717, 1.165) is 12.0 Å². The number of hydrogen-bond donors (Lipinski definition) is 2. The van der Waals surface area contributed by atoms with Crippen LogP contribution in [-0.4, -0.2) is 17.9 Å². The van der Waals surface area contributed by atoms with Gasteiger partial charge < -0.3 is 4.74 Å². The minimum Gasteiger partial charge on any atom is -0.481 e. The van der Waals surface area contributed by atoms with Gasteiger partial charge in [-0.3, -0.25) is 20.4 Å². The Balaban J connectivity index is 2.53. The SMILES string of the molecule is CCCC(=O)NNC(=O)C(CC)Oc1cccc(C)c1. The zero-order valence-electron chi connectivity index (χ0n) is 12.2. The number of carbonyl (C=O) groups excluding carboxylic acids is 2. The van der Waals surface area contributed by atoms with E-state index in [1.165, 1.54) is 0 Å². The lowest BCUT2D eigenvalue weighted by Gasteiger charge is -2.17. The van der Waals surface area contributed by atoms with Gasteiger partial charge in [0, 0.05) is 6.42 Å². The summed E-state index contributed by atoms with van der Waals surface area (Å²) < 4.78 is 5.64. The maximum atomic E-state index is 11.9. The van der Waals surface area contributed by atoms with E-state index < -0.39 is 6.10 Å². The summed E-state index contributed by atoms with van der Waals surface area (Å²) in [4.78, 5) is 23.2. The van der Waals surface area contributed by atoms with Crippen LogP contribution in [0.3, 0.4) is 0 Å². The van der Waals surface area contributed by atoms with Crippen LogP contribution in [-0.2, 0) is 9.59 Å². The maximum absolute atomic E-state index is 11.9. The summed E-state index contributed by atoms with van der Waals surface area (Å²) in [5.41, 5.74) is 5.83. The second-order valence-electron chi connectivity index (χ2n) is 4.62. The summed E-state index contributed by atoms with van der Waals surface area (Å²) in [5, 5.41) is 0. The Hall–Kier alpha value is -2.04. The zero-order valence-corrected chi connectivity index (χ0v) is 12.2. The number of aryl methyl sites for hydroxylation is 1. The molecule has 1 rings (SSSR count). The van der Waals surface area contributed by atoms with Crippen LogP contribution in [0.5, 0.6) is 5.75 Å². The highest BCUT2D eigenvalue weighted by Crippen LogP contribution is 2.15. The molecule has 0 bridgehead atoms. The number of hydrazine groups is 1. The van der Waals surface area contributed by atoms with Crippen LogP contribution in [0.25, 0.3) is 0 Å². The van der Waals surface area contributed by atoms with Gasteiger partial charge in [0.25, 0.3) is 5.91 Å². The molecule has 1 atom stereocenters. The molecule has 5 nitrogen and oxygen atoms in total. The van der Waals surface area contributed by atoms with Crippen molar-refractivity contribution in [3.63, 3.8) is 0 Å². The van der Waals surface area contributed by atoms with Gasteiger partial charge in [0.05, 0.1) is 0 Å². The number of ether oxygens (including phenoxy) is 1. The average molecular weight is 278 g/mol. The average Bonchev–Trinajstić information content (AvgIpc) is 2.42. The van der Waals surface area contributed by atoms with Crippen molar-refractivity contribution in [2.24, 2.45) is 0 Å². The van der Waals surface area contributed by atoms with Crippen molar-refractivity contribution < 1.29 is 14.3 Å². The highest BCUT2D eigenvalue weighted by Gasteiger charge is 2.18. The molecule has 1 aromatic rings. The van der Waals surface area contributed by atoms with Gasteiger partial charge in [-0.1, -0.05) is 26.0 Å². The van der Waals surface area contributed by atoms with E-state index in [9.17, 15) is 9.59 Å². The molecule has 0 aliphatic carbocycles. The van der Waals surface area contributed by atoms with Crippen molar-refractivity contribution >= 4 is 11.8 Å². The maximum Gasteiger partial charge on any atom is 0.279 e. The summed E-state index contributed by atoms with van der Waals surface area (Å²) in [5.74, 6) is 0.0941. The van der Waals surface area contributed by atoms with E-state index >= 15 is 0 Å². The van der Waals surface area contributed by atoms with Crippen LogP contribution in [0, 0.1) is 6.92 Å². The molecule has 2 amide bonds. The Bertz CT molecular complexity index is 460. The highest BCUT2D eigenvalue weighted by atomic mass is 16.5. The number of benzene rings is 1. The lowest BCUT2D eigenvalue weighted by molar-refractivity contribution is -0.133. The van der Waals surface area contributed by atoms with Crippen molar-refractivity contribution in [1.82, 2.24) is 10.9 Å². The fraction of sp³-hybridized carbons (Fsp3) is 0.467. The molecule has 0 heterocycles. The van der Waals surface area contributed by atoms with E-state index in [1.54, 1.807) is 6.07 Å². The smallest absolute Gasteiger partial charge is 0.279 e. The summed E-state index contributed by atoms with van der Waals surface area (Å²) in [6, 6.07) is 7.50. The first-order chi connectivity index (χ1) is 9.56. The topological polar surface area (TPSA) is 67.4 Å². The van der Waals surface area contributed by atoms with Crippen molar-refractivity contribution in [1.29, 1.82) is 0 Å². The van der Waals surface area contributed by atoms with Crippen LogP contribution >= 0.6 is 0 Å². The number of carbonyl (C=O) groups is 2. The van der Waals surface area contributed by atoms with Gasteiger partial charge in [-0.05, 0) is 37.5 Å². The largest absolute Gasteiger partial charge is 0.481 e. The molecular weight excluding hydrogens is 256 g/mol. The Kier molecular flexibility index (Phi) is 6.56. The first-order valence-corrected chi connectivity index (χ1v) is 6.88. The van der Waals surface area contributed by atoms with E-state index in [4.69, 9.17) is 4.74 Å². The molecule has 0 aliphatic rings. The summed E-state index contributed by atoms with van der Waals surface area (Å²) in [6.07, 6.45) is 1.01. The van der Waals surface area contributed by atoms with Gasteiger partial charge in [0.15, 0.2) is 6.10 Å². The number of hydrogen-bond acceptors (Lipinski definition) is 3. The molecule has 0 aliphatic heterocycles. The molecule has 0 fully saturated rings. The Labute approximate surface area is 119 Å². The first kappa shape index (κ1) is 16.0. The third-order valence-corrected chi connectivity index (χ3v) is 2.73. The molecular formula is C15H22N2O3. The molecule has 110 valence electrons. The molecule has 5 heteroatoms. The molecule has 1 aromatic carbocycles. The summed E-state index contributed by atoms with van der Waals surface area (Å²) in [7, 11) is 0. The number of amides is 2. The van der Waals surface area contributed by atoms with Gasteiger partial charge in [0.1, 0.15) is 5.75 Å². The molecule has 0 aromatic heterocycles. The van der Waals surface area contributed by atoms with E-state index in [-0.39, 0.29) is 11.8 Å². The van der Waals surface area contributed by atoms with Crippen molar-refractivity contribution in [2.45, 2.75) is 46.1 Å². The number of rotatable bonds is 6. The third kappa shape index (κ3) is 5.30.